The lowest BCUT2D eigenvalue weighted by Gasteiger charge is -2.27. The van der Waals surface area contributed by atoms with Gasteiger partial charge in [0, 0.05) is 17.6 Å². The quantitative estimate of drug-likeness (QED) is 0.559. The van der Waals surface area contributed by atoms with Crippen molar-refractivity contribution >= 4 is 50.8 Å². The highest BCUT2D eigenvalue weighted by atomic mass is 79.9. The molecule has 7 nitrogen and oxygen atoms in total. The minimum Gasteiger partial charge on any atom is -0.492 e. The van der Waals surface area contributed by atoms with Crippen LogP contribution >= 0.6 is 28.1 Å². The van der Waals surface area contributed by atoms with E-state index < -0.39 is 5.91 Å². The van der Waals surface area contributed by atoms with Crippen LogP contribution in [0.2, 0.25) is 0 Å². The predicted molar refractivity (Wildman–Crippen MR) is 131 cm³/mol. The van der Waals surface area contributed by atoms with Crippen LogP contribution in [0.1, 0.15) is 34.6 Å². The van der Waals surface area contributed by atoms with Gasteiger partial charge in [-0.1, -0.05) is 41.9 Å². The SMILES string of the molecule is CC(C)COc1ccc(Br)cc1C(=O)NC(=S)Nc1ccccc1C(=O)N1CCOCC1. The monoisotopic (exact) mass is 519 g/mol. The van der Waals surface area contributed by atoms with E-state index in [-0.39, 0.29) is 11.0 Å². The number of rotatable bonds is 6. The van der Waals surface area contributed by atoms with Gasteiger partial charge in [-0.3, -0.25) is 14.9 Å². The van der Waals surface area contributed by atoms with Crippen LogP contribution in [-0.4, -0.2) is 54.7 Å². The molecule has 2 aromatic rings. The molecule has 1 saturated heterocycles. The van der Waals surface area contributed by atoms with Gasteiger partial charge in [-0.15, -0.1) is 0 Å². The largest absolute Gasteiger partial charge is 0.492 e. The molecule has 1 aliphatic rings. The second-order valence-corrected chi connectivity index (χ2v) is 9.03. The van der Waals surface area contributed by atoms with Crippen molar-refractivity contribution in [2.24, 2.45) is 5.92 Å². The molecule has 1 fully saturated rings. The van der Waals surface area contributed by atoms with Crippen molar-refractivity contribution in [1.82, 2.24) is 10.2 Å². The fourth-order valence-corrected chi connectivity index (χ4v) is 3.67. The van der Waals surface area contributed by atoms with E-state index in [4.69, 9.17) is 21.7 Å². The van der Waals surface area contributed by atoms with Gasteiger partial charge in [-0.05, 0) is 48.5 Å². The summed E-state index contributed by atoms with van der Waals surface area (Å²) < 4.78 is 11.9. The predicted octanol–water partition coefficient (Wildman–Crippen LogP) is 4.08. The first-order valence-corrected chi connectivity index (χ1v) is 11.6. The minimum atomic E-state index is -0.403. The average Bonchev–Trinajstić information content (AvgIpc) is 2.78. The summed E-state index contributed by atoms with van der Waals surface area (Å²) in [5.41, 5.74) is 1.37. The van der Waals surface area contributed by atoms with Crippen LogP contribution in [-0.2, 0) is 4.74 Å². The van der Waals surface area contributed by atoms with Gasteiger partial charge in [0.15, 0.2) is 5.11 Å². The molecule has 2 amide bonds. The molecule has 0 unspecified atom stereocenters. The van der Waals surface area contributed by atoms with Gasteiger partial charge in [0.05, 0.1) is 36.6 Å². The zero-order valence-corrected chi connectivity index (χ0v) is 20.4. The van der Waals surface area contributed by atoms with Gasteiger partial charge in [-0.25, -0.2) is 0 Å². The first-order chi connectivity index (χ1) is 15.3. The highest BCUT2D eigenvalue weighted by molar-refractivity contribution is 9.10. The molecule has 0 saturated carbocycles. The third kappa shape index (κ3) is 6.51. The maximum absolute atomic E-state index is 12.9. The van der Waals surface area contributed by atoms with Gasteiger partial charge in [-0.2, -0.15) is 0 Å². The number of amides is 2. The lowest BCUT2D eigenvalue weighted by atomic mass is 10.1. The number of carbonyl (C=O) groups is 2. The van der Waals surface area contributed by atoms with Gasteiger partial charge >= 0.3 is 0 Å². The average molecular weight is 520 g/mol. The van der Waals surface area contributed by atoms with Crippen molar-refractivity contribution in [1.29, 1.82) is 0 Å². The Morgan fingerprint density at radius 3 is 2.59 bits per heavy atom. The van der Waals surface area contributed by atoms with Gasteiger partial charge in [0.2, 0.25) is 0 Å². The van der Waals surface area contributed by atoms with E-state index in [1.807, 2.05) is 19.9 Å². The Labute approximate surface area is 201 Å². The maximum atomic E-state index is 12.9. The summed E-state index contributed by atoms with van der Waals surface area (Å²) in [5.74, 6) is 0.282. The third-order valence-corrected chi connectivity index (χ3v) is 5.39. The van der Waals surface area contributed by atoms with E-state index in [9.17, 15) is 9.59 Å². The van der Waals surface area contributed by atoms with Gasteiger partial charge in [0.25, 0.3) is 11.8 Å². The molecule has 1 heterocycles. The number of nitrogens with one attached hydrogen (secondary N) is 2. The number of benzene rings is 2. The van der Waals surface area contributed by atoms with Crippen molar-refractivity contribution in [3.05, 3.63) is 58.1 Å². The number of ether oxygens (including phenoxy) is 2. The summed E-state index contributed by atoms with van der Waals surface area (Å²) in [7, 11) is 0. The summed E-state index contributed by atoms with van der Waals surface area (Å²) in [4.78, 5) is 27.6. The summed E-state index contributed by atoms with van der Waals surface area (Å²) in [6.07, 6.45) is 0. The number of carbonyl (C=O) groups excluding carboxylic acids is 2. The van der Waals surface area contributed by atoms with E-state index >= 15 is 0 Å². The van der Waals surface area contributed by atoms with E-state index in [1.54, 1.807) is 41.3 Å². The van der Waals surface area contributed by atoms with Crippen LogP contribution in [0.25, 0.3) is 0 Å². The molecule has 2 aromatic carbocycles. The highest BCUT2D eigenvalue weighted by Crippen LogP contribution is 2.24. The molecule has 0 radical (unpaired) electrons. The molecule has 1 aliphatic heterocycles. The summed E-state index contributed by atoms with van der Waals surface area (Å²) >= 11 is 8.75. The van der Waals surface area contributed by atoms with E-state index in [0.29, 0.717) is 61.4 Å². The van der Waals surface area contributed by atoms with Gasteiger partial charge in [0.1, 0.15) is 5.75 Å². The minimum absolute atomic E-state index is 0.0898. The van der Waals surface area contributed by atoms with Crippen molar-refractivity contribution in [3.8, 4) is 5.75 Å². The number of hydrogen-bond acceptors (Lipinski definition) is 5. The Balaban J connectivity index is 1.71. The first kappa shape index (κ1) is 24.2. The van der Waals surface area contributed by atoms with E-state index in [1.165, 1.54) is 0 Å². The Morgan fingerprint density at radius 2 is 1.88 bits per heavy atom. The fraction of sp³-hybridized carbons (Fsp3) is 0.348. The Bertz CT molecular complexity index is 993. The van der Waals surface area contributed by atoms with Crippen molar-refractivity contribution in [2.75, 3.05) is 38.2 Å². The highest BCUT2D eigenvalue weighted by Gasteiger charge is 2.22. The van der Waals surface area contributed by atoms with Crippen LogP contribution in [0.3, 0.4) is 0 Å². The summed E-state index contributed by atoms with van der Waals surface area (Å²) in [5, 5.41) is 5.75. The second-order valence-electron chi connectivity index (χ2n) is 7.70. The van der Waals surface area contributed by atoms with Crippen molar-refractivity contribution in [3.63, 3.8) is 0 Å². The zero-order chi connectivity index (χ0) is 23.1. The molecular weight excluding hydrogens is 494 g/mol. The molecule has 0 aliphatic carbocycles. The lowest BCUT2D eigenvalue weighted by molar-refractivity contribution is 0.0303. The molecule has 0 aromatic heterocycles. The Morgan fingerprint density at radius 1 is 1.16 bits per heavy atom. The topological polar surface area (TPSA) is 79.9 Å². The molecular formula is C23H26BrN3O4S. The summed E-state index contributed by atoms with van der Waals surface area (Å²) in [6, 6.07) is 12.3. The number of nitrogens with zero attached hydrogens (tertiary/aromatic N) is 1. The molecule has 0 atom stereocenters. The number of para-hydroxylation sites is 1. The molecule has 0 spiro atoms. The van der Waals surface area contributed by atoms with Crippen LogP contribution in [0.5, 0.6) is 5.75 Å². The molecule has 2 N–H and O–H groups in total. The fourth-order valence-electron chi connectivity index (χ4n) is 3.10. The number of halogens is 1. The van der Waals surface area contributed by atoms with Crippen LogP contribution < -0.4 is 15.4 Å². The molecule has 32 heavy (non-hydrogen) atoms. The third-order valence-electron chi connectivity index (χ3n) is 4.69. The standard InChI is InChI=1S/C23H26BrN3O4S/c1-15(2)14-31-20-8-7-16(24)13-18(20)21(28)26-23(32)25-19-6-4-3-5-17(19)22(29)27-9-11-30-12-10-27/h3-8,13,15H,9-12,14H2,1-2H3,(H2,25,26,28,32). The van der Waals surface area contributed by atoms with Crippen molar-refractivity contribution < 1.29 is 19.1 Å². The lowest BCUT2D eigenvalue weighted by Crippen LogP contribution is -2.41. The first-order valence-electron chi connectivity index (χ1n) is 10.4. The molecule has 3 rings (SSSR count). The smallest absolute Gasteiger partial charge is 0.261 e. The van der Waals surface area contributed by atoms with Crippen LogP contribution in [0, 0.1) is 5.92 Å². The summed E-state index contributed by atoms with van der Waals surface area (Å²) in [6.45, 7) is 6.67. The number of hydrogen-bond donors (Lipinski definition) is 2. The number of morpholine rings is 1. The maximum Gasteiger partial charge on any atom is 0.261 e. The van der Waals surface area contributed by atoms with Crippen LogP contribution in [0.15, 0.2) is 46.9 Å². The second kappa shape index (κ2) is 11.4. The number of thiocarbonyl (C=S) groups is 1. The molecule has 0 bridgehead atoms. The van der Waals surface area contributed by atoms with E-state index in [2.05, 4.69) is 26.6 Å². The normalized spacial score (nSPS) is 13.6. The van der Waals surface area contributed by atoms with Crippen molar-refractivity contribution in [2.45, 2.75) is 13.8 Å². The Kier molecular flexibility index (Phi) is 8.60. The molecule has 170 valence electrons. The number of anilines is 1. The Hall–Kier alpha value is -2.49. The zero-order valence-electron chi connectivity index (χ0n) is 18.0. The molecule has 9 heteroatoms. The van der Waals surface area contributed by atoms with E-state index in [0.717, 1.165) is 4.47 Å². The van der Waals surface area contributed by atoms with Crippen LogP contribution in [0.4, 0.5) is 5.69 Å². The van der Waals surface area contributed by atoms with Gasteiger partial charge < -0.3 is 19.7 Å².